The summed E-state index contributed by atoms with van der Waals surface area (Å²) >= 11 is 0. The van der Waals surface area contributed by atoms with Crippen LogP contribution >= 0.6 is 0 Å². The molecule has 0 amide bonds. The summed E-state index contributed by atoms with van der Waals surface area (Å²) in [5.74, 6) is 2.20. The highest BCUT2D eigenvalue weighted by Crippen LogP contribution is 2.78. The Bertz CT molecular complexity index is 1000. The number of nitrogens with one attached hydrogen (secondary N) is 2. The molecule has 4 saturated carbocycles. The van der Waals surface area contributed by atoms with Crippen molar-refractivity contribution in [3.05, 3.63) is 24.0 Å². The van der Waals surface area contributed by atoms with Crippen molar-refractivity contribution >= 4 is 29.3 Å². The fourth-order valence-electron chi connectivity index (χ4n) is 7.73. The first-order valence-corrected chi connectivity index (χ1v) is 9.78. The largest absolute Gasteiger partial charge is 0.465 e. The molecule has 7 heteroatoms. The molecule has 3 bridgehead atoms. The zero-order valence-corrected chi connectivity index (χ0v) is 14.4. The van der Waals surface area contributed by atoms with Crippen LogP contribution in [-0.4, -0.2) is 38.5 Å². The van der Waals surface area contributed by atoms with Crippen LogP contribution < -0.4 is 10.8 Å². The first-order chi connectivity index (χ1) is 12.6. The van der Waals surface area contributed by atoms with Gasteiger partial charge in [-0.3, -0.25) is 0 Å². The maximum Gasteiger partial charge on any atom is 0.465 e. The number of aliphatic hydroxyl groups is 1. The standard InChI is InChI=1S/C19H21BN4O2/c25-18-4-9-5-19(8-18)10(6-18)3-12(19)14(9)16-15-11-1-2-21-17(11)22-7-13(15)20(26)24-23-16/h1-2,7,9-10,12,14,24-26H,3-6,8H2,(H,21,22)/t9?,10?,12?,14-,18?,19?/m1/s1. The van der Waals surface area contributed by atoms with Gasteiger partial charge in [-0.05, 0) is 61.3 Å². The van der Waals surface area contributed by atoms with Gasteiger partial charge in [0.05, 0.1) is 11.3 Å². The van der Waals surface area contributed by atoms with Crippen molar-refractivity contribution in [2.24, 2.45) is 34.2 Å². The van der Waals surface area contributed by atoms with Gasteiger partial charge in [-0.25, -0.2) is 4.98 Å². The van der Waals surface area contributed by atoms with Gasteiger partial charge in [-0.15, -0.1) is 0 Å². The molecular weight excluding hydrogens is 327 g/mol. The Labute approximate surface area is 151 Å². The lowest BCUT2D eigenvalue weighted by Crippen LogP contribution is -2.52. The number of aromatic amines is 1. The summed E-state index contributed by atoms with van der Waals surface area (Å²) < 4.78 is 0. The molecule has 0 radical (unpaired) electrons. The van der Waals surface area contributed by atoms with E-state index in [1.54, 1.807) is 6.20 Å². The number of hydrogen-bond donors (Lipinski definition) is 4. The average Bonchev–Trinajstić information content (AvgIpc) is 3.20. The van der Waals surface area contributed by atoms with Gasteiger partial charge in [0.2, 0.25) is 0 Å². The number of nitrogens with zero attached hydrogens (tertiary/aromatic N) is 2. The van der Waals surface area contributed by atoms with Crippen LogP contribution in [0.2, 0.25) is 0 Å². The van der Waals surface area contributed by atoms with Gasteiger partial charge in [0.25, 0.3) is 0 Å². The van der Waals surface area contributed by atoms with Crippen molar-refractivity contribution in [1.82, 2.24) is 15.3 Å². The van der Waals surface area contributed by atoms with Gasteiger partial charge in [0, 0.05) is 34.7 Å². The number of fused-ring (bicyclic) bond motifs is 5. The van der Waals surface area contributed by atoms with Crippen molar-refractivity contribution in [2.75, 3.05) is 0 Å². The second-order valence-electron chi connectivity index (χ2n) is 9.43. The van der Waals surface area contributed by atoms with Crippen molar-refractivity contribution in [2.45, 2.75) is 37.7 Å². The summed E-state index contributed by atoms with van der Waals surface area (Å²) in [6.07, 6.45) is 9.05. The Balaban J connectivity index is 1.42. The van der Waals surface area contributed by atoms with Gasteiger partial charge in [-0.2, -0.15) is 5.10 Å². The predicted molar refractivity (Wildman–Crippen MR) is 97.8 cm³/mol. The minimum atomic E-state index is -0.811. The van der Waals surface area contributed by atoms with Crippen LogP contribution in [0.15, 0.2) is 23.6 Å². The second-order valence-corrected chi connectivity index (χ2v) is 9.43. The molecule has 0 aromatic carbocycles. The second kappa shape index (κ2) is 4.17. The van der Waals surface area contributed by atoms with E-state index in [1.165, 1.54) is 12.8 Å². The molecule has 3 heterocycles. The number of hydrazone groups is 1. The summed E-state index contributed by atoms with van der Waals surface area (Å²) in [6.45, 7) is 0. The Morgan fingerprint density at radius 3 is 3.12 bits per heavy atom. The third-order valence-corrected chi connectivity index (χ3v) is 8.39. The minimum absolute atomic E-state index is 0.353. The average molecular weight is 348 g/mol. The number of H-pyrrole nitrogens is 1. The third kappa shape index (κ3) is 1.43. The number of aromatic nitrogens is 2. The Kier molecular flexibility index (Phi) is 2.29. The van der Waals surface area contributed by atoms with Gasteiger partial charge < -0.3 is 20.5 Å². The van der Waals surface area contributed by atoms with E-state index < -0.39 is 12.7 Å². The number of hydrogen-bond acceptors (Lipinski definition) is 5. The molecule has 4 fully saturated rings. The SMILES string of the molecule is OB1NN=C([C@@H]2C3CC4(O)CC5CC2C5(C3)C4)c2c1cnc1[nH]ccc21. The molecule has 6 nitrogen and oxygen atoms in total. The normalized spacial score (nSPS) is 44.5. The number of rotatable bonds is 1. The van der Waals surface area contributed by atoms with Crippen molar-refractivity contribution < 1.29 is 10.1 Å². The summed E-state index contributed by atoms with van der Waals surface area (Å²) in [4.78, 5) is 7.65. The molecule has 1 aliphatic heterocycles. The molecule has 26 heavy (non-hydrogen) atoms. The highest BCUT2D eigenvalue weighted by molar-refractivity contribution is 6.66. The van der Waals surface area contributed by atoms with E-state index in [0.29, 0.717) is 29.1 Å². The van der Waals surface area contributed by atoms with E-state index in [2.05, 4.69) is 15.3 Å². The van der Waals surface area contributed by atoms with Gasteiger partial charge in [0.1, 0.15) is 5.65 Å². The Morgan fingerprint density at radius 1 is 1.27 bits per heavy atom. The molecule has 4 N–H and O–H groups in total. The van der Waals surface area contributed by atoms with Crippen LogP contribution in [0.1, 0.15) is 37.7 Å². The quantitative estimate of drug-likeness (QED) is 0.572. The fourth-order valence-corrected chi connectivity index (χ4v) is 7.73. The summed E-state index contributed by atoms with van der Waals surface area (Å²) in [6, 6.07) is 2.04. The monoisotopic (exact) mass is 348 g/mol. The highest BCUT2D eigenvalue weighted by atomic mass is 16.3. The lowest BCUT2D eigenvalue weighted by Gasteiger charge is -2.50. The van der Waals surface area contributed by atoms with E-state index in [0.717, 1.165) is 47.0 Å². The fraction of sp³-hybridized carbons (Fsp3) is 0.579. The first-order valence-electron chi connectivity index (χ1n) is 9.78. The minimum Gasteiger partial charge on any atom is -0.428 e. The summed E-state index contributed by atoms with van der Waals surface area (Å²) in [7, 11) is -0.811. The van der Waals surface area contributed by atoms with Crippen LogP contribution in [0, 0.1) is 29.1 Å². The van der Waals surface area contributed by atoms with E-state index in [9.17, 15) is 10.1 Å². The zero-order chi connectivity index (χ0) is 17.3. The molecule has 2 aromatic heterocycles. The first kappa shape index (κ1) is 14.2. The molecular formula is C19H21BN4O2. The third-order valence-electron chi connectivity index (χ3n) is 8.39. The number of pyridine rings is 1. The van der Waals surface area contributed by atoms with Gasteiger partial charge >= 0.3 is 7.05 Å². The van der Waals surface area contributed by atoms with Crippen LogP contribution in [0.3, 0.4) is 0 Å². The zero-order valence-electron chi connectivity index (χ0n) is 14.4. The predicted octanol–water partition coefficient (Wildman–Crippen LogP) is 0.745. The Morgan fingerprint density at radius 2 is 2.19 bits per heavy atom. The van der Waals surface area contributed by atoms with Crippen LogP contribution in [-0.2, 0) is 0 Å². The molecule has 132 valence electrons. The molecule has 5 unspecified atom stereocenters. The maximum absolute atomic E-state index is 11.1. The molecule has 0 saturated heterocycles. The van der Waals surface area contributed by atoms with Crippen molar-refractivity contribution in [1.29, 1.82) is 0 Å². The van der Waals surface area contributed by atoms with E-state index >= 15 is 0 Å². The van der Waals surface area contributed by atoms with Crippen LogP contribution in [0.5, 0.6) is 0 Å². The van der Waals surface area contributed by atoms with Crippen LogP contribution in [0.4, 0.5) is 0 Å². The lowest BCUT2D eigenvalue weighted by atomic mass is 9.53. The Hall–Kier alpha value is -1.86. The smallest absolute Gasteiger partial charge is 0.428 e. The molecule has 2 aromatic rings. The summed E-state index contributed by atoms with van der Waals surface area (Å²) in [5, 5.41) is 30.2. The van der Waals surface area contributed by atoms with Gasteiger partial charge in [0.15, 0.2) is 0 Å². The van der Waals surface area contributed by atoms with E-state index in [-0.39, 0.29) is 0 Å². The molecule has 1 spiro atoms. The van der Waals surface area contributed by atoms with Crippen LogP contribution in [0.25, 0.3) is 11.0 Å². The molecule has 4 aliphatic carbocycles. The topological polar surface area (TPSA) is 93.5 Å². The highest BCUT2D eigenvalue weighted by Gasteiger charge is 2.74. The van der Waals surface area contributed by atoms with Crippen molar-refractivity contribution in [3.8, 4) is 0 Å². The van der Waals surface area contributed by atoms with Crippen molar-refractivity contribution in [3.63, 3.8) is 0 Å². The van der Waals surface area contributed by atoms with E-state index in [1.807, 2.05) is 12.3 Å². The maximum atomic E-state index is 11.1. The summed E-state index contributed by atoms with van der Waals surface area (Å²) in [5.41, 5.74) is 3.72. The van der Waals surface area contributed by atoms with E-state index in [4.69, 9.17) is 5.10 Å². The molecule has 6 atom stereocenters. The van der Waals surface area contributed by atoms with Gasteiger partial charge in [-0.1, -0.05) is 0 Å². The molecule has 5 aliphatic rings. The lowest BCUT2D eigenvalue weighted by molar-refractivity contribution is -0.0259. The molecule has 7 rings (SSSR count).